The molecule has 1 aliphatic heterocycles. The fourth-order valence-corrected chi connectivity index (χ4v) is 2.88. The predicted molar refractivity (Wildman–Crippen MR) is 76.7 cm³/mol. The van der Waals surface area contributed by atoms with Crippen LogP contribution in [0.1, 0.15) is 47.0 Å². The monoisotopic (exact) mass is 294 g/mol. The minimum atomic E-state index is -4.06. The molecule has 0 aromatic carbocycles. The lowest BCUT2D eigenvalue weighted by molar-refractivity contribution is -0.140. The van der Waals surface area contributed by atoms with Gasteiger partial charge in [-0.1, -0.05) is 40.5 Å². The normalized spacial score (nSPS) is 28.4. The van der Waals surface area contributed by atoms with E-state index in [1.165, 1.54) is 0 Å². The first-order valence-corrected chi connectivity index (χ1v) is 7.82. The summed E-state index contributed by atoms with van der Waals surface area (Å²) in [7, 11) is 0. The van der Waals surface area contributed by atoms with E-state index in [9.17, 15) is 13.2 Å². The molecule has 1 heterocycles. The summed E-state index contributed by atoms with van der Waals surface area (Å²) in [6.45, 7) is 10.2. The highest BCUT2D eigenvalue weighted by Gasteiger charge is 2.35. The fourth-order valence-electron chi connectivity index (χ4n) is 2.88. The van der Waals surface area contributed by atoms with Crippen LogP contribution in [0.25, 0.3) is 0 Å². The lowest BCUT2D eigenvalue weighted by Gasteiger charge is -2.44. The van der Waals surface area contributed by atoms with Gasteiger partial charge in [0.1, 0.15) is 0 Å². The number of halogens is 3. The average Bonchev–Trinajstić information content (AvgIpc) is 2.42. The van der Waals surface area contributed by atoms with Crippen molar-refractivity contribution in [2.75, 3.05) is 19.6 Å². The molecule has 0 bridgehead atoms. The molecule has 120 valence electrons. The third kappa shape index (κ3) is 5.24. The summed E-state index contributed by atoms with van der Waals surface area (Å²) in [4.78, 5) is 2.06. The van der Waals surface area contributed by atoms with E-state index in [0.717, 1.165) is 25.9 Å². The number of nitrogens with one attached hydrogen (secondary N) is 1. The van der Waals surface area contributed by atoms with E-state index < -0.39 is 12.6 Å². The van der Waals surface area contributed by atoms with Crippen molar-refractivity contribution in [3.63, 3.8) is 0 Å². The molecule has 2 nitrogen and oxygen atoms in total. The second-order valence-electron chi connectivity index (χ2n) is 6.21. The van der Waals surface area contributed by atoms with Gasteiger partial charge in [0, 0.05) is 31.7 Å². The van der Waals surface area contributed by atoms with Gasteiger partial charge < -0.3 is 5.32 Å². The van der Waals surface area contributed by atoms with Crippen LogP contribution in [0.2, 0.25) is 0 Å². The number of rotatable bonds is 6. The van der Waals surface area contributed by atoms with Crippen LogP contribution in [0, 0.1) is 11.8 Å². The van der Waals surface area contributed by atoms with Crippen LogP contribution in [-0.2, 0) is 0 Å². The zero-order chi connectivity index (χ0) is 15.3. The van der Waals surface area contributed by atoms with Crippen molar-refractivity contribution >= 4 is 0 Å². The van der Waals surface area contributed by atoms with Crippen molar-refractivity contribution in [2.45, 2.75) is 65.2 Å². The van der Waals surface area contributed by atoms with Crippen LogP contribution in [0.5, 0.6) is 0 Å². The van der Waals surface area contributed by atoms with E-state index in [1.54, 1.807) is 0 Å². The largest absolute Gasteiger partial charge is 0.390 e. The number of nitrogens with zero attached hydrogens (tertiary/aromatic N) is 1. The van der Waals surface area contributed by atoms with Crippen molar-refractivity contribution in [1.82, 2.24) is 10.2 Å². The first-order chi connectivity index (χ1) is 9.28. The Balaban J connectivity index is 2.67. The van der Waals surface area contributed by atoms with Crippen LogP contribution in [0.4, 0.5) is 13.2 Å². The predicted octanol–water partition coefficient (Wildman–Crippen LogP) is 3.67. The molecule has 0 aromatic rings. The van der Waals surface area contributed by atoms with E-state index >= 15 is 0 Å². The lowest BCUT2D eigenvalue weighted by Crippen LogP contribution is -2.60. The summed E-state index contributed by atoms with van der Waals surface area (Å²) >= 11 is 0. The number of alkyl halides is 3. The summed E-state index contributed by atoms with van der Waals surface area (Å²) in [5.41, 5.74) is 0. The van der Waals surface area contributed by atoms with E-state index in [4.69, 9.17) is 0 Å². The third-order valence-corrected chi connectivity index (χ3v) is 4.80. The molecule has 5 heteroatoms. The minimum Gasteiger partial charge on any atom is -0.311 e. The van der Waals surface area contributed by atoms with Gasteiger partial charge in [0.2, 0.25) is 0 Å². The maximum absolute atomic E-state index is 12.5. The molecular weight excluding hydrogens is 265 g/mol. The Hall–Kier alpha value is -0.290. The standard InChI is InChI=1S/C15H29F3N2/c1-5-11(3)13-10-20(8-7-15(16,17)18)14(9-19-13)12(4)6-2/h11-14,19H,5-10H2,1-4H3. The molecule has 4 unspecified atom stereocenters. The van der Waals surface area contributed by atoms with Crippen LogP contribution >= 0.6 is 0 Å². The molecule has 1 rings (SSSR count). The first kappa shape index (κ1) is 17.8. The molecule has 0 aromatic heterocycles. The number of hydrogen-bond donors (Lipinski definition) is 1. The van der Waals surface area contributed by atoms with Gasteiger partial charge in [-0.3, -0.25) is 4.90 Å². The molecule has 0 radical (unpaired) electrons. The average molecular weight is 294 g/mol. The molecule has 0 spiro atoms. The molecule has 1 saturated heterocycles. The quantitative estimate of drug-likeness (QED) is 0.804. The fraction of sp³-hybridized carbons (Fsp3) is 1.00. The van der Waals surface area contributed by atoms with Gasteiger partial charge in [-0.15, -0.1) is 0 Å². The zero-order valence-corrected chi connectivity index (χ0v) is 13.1. The van der Waals surface area contributed by atoms with Crippen molar-refractivity contribution in [3.05, 3.63) is 0 Å². The van der Waals surface area contributed by atoms with E-state index in [0.29, 0.717) is 17.9 Å². The van der Waals surface area contributed by atoms with Crippen molar-refractivity contribution < 1.29 is 13.2 Å². The van der Waals surface area contributed by atoms with Crippen LogP contribution in [-0.4, -0.2) is 42.8 Å². The maximum Gasteiger partial charge on any atom is 0.390 e. The smallest absolute Gasteiger partial charge is 0.311 e. The van der Waals surface area contributed by atoms with Gasteiger partial charge in [0.25, 0.3) is 0 Å². The Morgan fingerprint density at radius 2 is 1.75 bits per heavy atom. The lowest BCUT2D eigenvalue weighted by atomic mass is 9.90. The minimum absolute atomic E-state index is 0.132. The number of hydrogen-bond acceptors (Lipinski definition) is 2. The molecule has 0 amide bonds. The van der Waals surface area contributed by atoms with Gasteiger partial charge in [0.15, 0.2) is 0 Å². The molecule has 1 N–H and O–H groups in total. The molecule has 1 fully saturated rings. The Labute approximate surface area is 121 Å². The Kier molecular flexibility index (Phi) is 6.79. The van der Waals surface area contributed by atoms with Gasteiger partial charge >= 0.3 is 6.18 Å². The van der Waals surface area contributed by atoms with Gasteiger partial charge in [-0.25, -0.2) is 0 Å². The highest BCUT2D eigenvalue weighted by Crippen LogP contribution is 2.25. The molecule has 0 saturated carbocycles. The van der Waals surface area contributed by atoms with Crippen LogP contribution in [0.3, 0.4) is 0 Å². The summed E-state index contributed by atoms with van der Waals surface area (Å²) in [6.07, 6.45) is -2.70. The Bertz CT molecular complexity index is 281. The molecule has 0 aliphatic carbocycles. The highest BCUT2D eigenvalue weighted by molar-refractivity contribution is 4.90. The summed E-state index contributed by atoms with van der Waals surface area (Å²) < 4.78 is 37.5. The van der Waals surface area contributed by atoms with E-state index in [-0.39, 0.29) is 12.6 Å². The first-order valence-electron chi connectivity index (χ1n) is 7.82. The van der Waals surface area contributed by atoms with E-state index in [2.05, 4.69) is 37.9 Å². The Morgan fingerprint density at radius 3 is 2.25 bits per heavy atom. The SMILES string of the molecule is CCC(C)C1CN(CCC(F)(F)F)C(C(C)CC)CN1. The maximum atomic E-state index is 12.5. The molecule has 1 aliphatic rings. The Morgan fingerprint density at radius 1 is 1.15 bits per heavy atom. The molecular formula is C15H29F3N2. The van der Waals surface area contributed by atoms with Gasteiger partial charge in [-0.05, 0) is 11.8 Å². The van der Waals surface area contributed by atoms with Crippen LogP contribution in [0.15, 0.2) is 0 Å². The van der Waals surface area contributed by atoms with Crippen LogP contribution < -0.4 is 5.32 Å². The summed E-state index contributed by atoms with van der Waals surface area (Å²) in [5, 5.41) is 3.54. The molecule has 4 atom stereocenters. The summed E-state index contributed by atoms with van der Waals surface area (Å²) in [6, 6.07) is 0.538. The second kappa shape index (κ2) is 7.64. The zero-order valence-electron chi connectivity index (χ0n) is 13.1. The molecule has 20 heavy (non-hydrogen) atoms. The highest BCUT2D eigenvalue weighted by atomic mass is 19.4. The second-order valence-corrected chi connectivity index (χ2v) is 6.21. The van der Waals surface area contributed by atoms with E-state index in [1.807, 2.05) is 0 Å². The topological polar surface area (TPSA) is 15.3 Å². The van der Waals surface area contributed by atoms with Gasteiger partial charge in [0.05, 0.1) is 6.42 Å². The number of piperazine rings is 1. The van der Waals surface area contributed by atoms with Crippen molar-refractivity contribution in [1.29, 1.82) is 0 Å². The van der Waals surface area contributed by atoms with Crippen molar-refractivity contribution in [2.24, 2.45) is 11.8 Å². The van der Waals surface area contributed by atoms with Gasteiger partial charge in [-0.2, -0.15) is 13.2 Å². The third-order valence-electron chi connectivity index (χ3n) is 4.80. The van der Waals surface area contributed by atoms with Crippen molar-refractivity contribution in [3.8, 4) is 0 Å². The summed E-state index contributed by atoms with van der Waals surface area (Å²) in [5.74, 6) is 0.926.